The minimum atomic E-state index is -0.918. The number of aliphatic hydroxyl groups excluding tert-OH is 1. The molecule has 1 saturated heterocycles. The normalized spacial score (nSPS) is 17.7. The molecule has 1 amide bonds. The minimum Gasteiger partial charge on any atom is -0.507 e. The van der Waals surface area contributed by atoms with Crippen LogP contribution >= 0.6 is 11.6 Å². The van der Waals surface area contributed by atoms with Crippen molar-refractivity contribution in [1.82, 2.24) is 4.90 Å². The third kappa shape index (κ3) is 4.42. The molecule has 1 aliphatic rings. The molecule has 2 aromatic carbocycles. The van der Waals surface area contributed by atoms with E-state index in [-0.39, 0.29) is 34.2 Å². The van der Waals surface area contributed by atoms with E-state index in [1.807, 2.05) is 0 Å². The van der Waals surface area contributed by atoms with Gasteiger partial charge in [-0.1, -0.05) is 23.7 Å². The maximum Gasteiger partial charge on any atom is 0.295 e. The largest absolute Gasteiger partial charge is 0.507 e. The number of rotatable bonds is 8. The van der Waals surface area contributed by atoms with E-state index in [1.54, 1.807) is 0 Å². The molecule has 1 atom stereocenters. The Morgan fingerprint density at radius 2 is 1.75 bits per heavy atom. The van der Waals surface area contributed by atoms with E-state index in [2.05, 4.69) is 0 Å². The number of carbonyl (C=O) groups excluding carboxylic acids is 2. The first-order chi connectivity index (χ1) is 15.3. The number of likely N-dealkylation sites (tertiary alicyclic amines) is 1. The second-order valence-corrected chi connectivity index (χ2v) is 7.48. The van der Waals surface area contributed by atoms with Crippen LogP contribution < -0.4 is 9.47 Å². The number of methoxy groups -OCH3 is 3. The number of benzene rings is 2. The predicted octanol–water partition coefficient (Wildman–Crippen LogP) is 3.95. The quantitative estimate of drug-likeness (QED) is 0.276. The van der Waals surface area contributed by atoms with E-state index < -0.39 is 29.3 Å². The van der Waals surface area contributed by atoms with Crippen LogP contribution in [0.2, 0.25) is 5.02 Å². The summed E-state index contributed by atoms with van der Waals surface area (Å²) < 4.78 is 29.1. The number of Topliss-reactive ketones (excluding diaryl/α,β-unsaturated/α-hetero) is 1. The lowest BCUT2D eigenvalue weighted by Gasteiger charge is -2.25. The molecule has 0 aliphatic carbocycles. The number of ether oxygens (including phenoxy) is 3. The van der Waals surface area contributed by atoms with Crippen LogP contribution in [0, 0.1) is 5.82 Å². The van der Waals surface area contributed by atoms with Crippen molar-refractivity contribution < 1.29 is 33.3 Å². The molecular weight excluding hydrogens is 441 g/mol. The lowest BCUT2D eigenvalue weighted by Crippen LogP contribution is -2.31. The van der Waals surface area contributed by atoms with Gasteiger partial charge in [0.1, 0.15) is 23.1 Å². The number of hydrogen-bond donors (Lipinski definition) is 1. The highest BCUT2D eigenvalue weighted by molar-refractivity contribution is 6.46. The first-order valence-corrected chi connectivity index (χ1v) is 10.2. The Labute approximate surface area is 189 Å². The van der Waals surface area contributed by atoms with Crippen molar-refractivity contribution in [2.45, 2.75) is 12.5 Å². The van der Waals surface area contributed by atoms with Gasteiger partial charge in [-0.2, -0.15) is 0 Å². The van der Waals surface area contributed by atoms with Crippen molar-refractivity contribution >= 4 is 29.1 Å². The summed E-state index contributed by atoms with van der Waals surface area (Å²) in [6.45, 7) is 0.583. The van der Waals surface area contributed by atoms with Gasteiger partial charge in [0.15, 0.2) is 0 Å². The van der Waals surface area contributed by atoms with Crippen LogP contribution in [0.4, 0.5) is 4.39 Å². The lowest BCUT2D eigenvalue weighted by atomic mass is 9.95. The molecule has 1 aliphatic heterocycles. The standard InChI is InChI=1S/C23H23ClFNO6/c1-30-10-4-9-26-20(13-5-7-14(25)8-6-13)19(22(28)23(26)29)21(27)15-11-18(32-3)16(24)12-17(15)31-2/h5-8,11-12,20,27H,4,9-10H2,1-3H3/b21-19+. The van der Waals surface area contributed by atoms with Crippen LogP contribution in [0.5, 0.6) is 11.5 Å². The van der Waals surface area contributed by atoms with Crippen molar-refractivity contribution in [3.05, 3.63) is 63.9 Å². The predicted molar refractivity (Wildman–Crippen MR) is 116 cm³/mol. The van der Waals surface area contributed by atoms with Crippen molar-refractivity contribution in [2.24, 2.45) is 0 Å². The zero-order valence-corrected chi connectivity index (χ0v) is 18.6. The number of amides is 1. The van der Waals surface area contributed by atoms with Crippen LogP contribution in [0.15, 0.2) is 42.0 Å². The van der Waals surface area contributed by atoms with Crippen LogP contribution in [-0.2, 0) is 14.3 Å². The fourth-order valence-corrected chi connectivity index (χ4v) is 3.90. The van der Waals surface area contributed by atoms with Crippen molar-refractivity contribution in [1.29, 1.82) is 0 Å². The summed E-state index contributed by atoms with van der Waals surface area (Å²) >= 11 is 6.15. The molecular formula is C23H23ClFNO6. The topological polar surface area (TPSA) is 85.3 Å². The van der Waals surface area contributed by atoms with E-state index in [9.17, 15) is 19.1 Å². The van der Waals surface area contributed by atoms with Gasteiger partial charge < -0.3 is 24.2 Å². The average molecular weight is 464 g/mol. The second-order valence-electron chi connectivity index (χ2n) is 7.08. The highest BCUT2D eigenvalue weighted by atomic mass is 35.5. The van der Waals surface area contributed by atoms with Crippen LogP contribution in [0.1, 0.15) is 23.6 Å². The Morgan fingerprint density at radius 1 is 1.09 bits per heavy atom. The van der Waals surface area contributed by atoms with Gasteiger partial charge in [-0.05, 0) is 30.2 Å². The van der Waals surface area contributed by atoms with E-state index in [4.69, 9.17) is 25.8 Å². The summed E-state index contributed by atoms with van der Waals surface area (Å²) in [7, 11) is 4.33. The van der Waals surface area contributed by atoms with Gasteiger partial charge in [0.2, 0.25) is 0 Å². The third-order valence-electron chi connectivity index (χ3n) is 5.20. The van der Waals surface area contributed by atoms with Crippen LogP contribution in [-0.4, -0.2) is 56.2 Å². The number of carbonyl (C=O) groups is 2. The molecule has 170 valence electrons. The molecule has 0 spiro atoms. The monoisotopic (exact) mass is 463 g/mol. The third-order valence-corrected chi connectivity index (χ3v) is 5.50. The fourth-order valence-electron chi connectivity index (χ4n) is 3.67. The number of halogens is 2. The highest BCUT2D eigenvalue weighted by Crippen LogP contribution is 2.43. The maximum absolute atomic E-state index is 13.5. The number of ketones is 1. The fraction of sp³-hybridized carbons (Fsp3) is 0.304. The molecule has 1 fully saturated rings. The first kappa shape index (κ1) is 23.6. The number of nitrogens with zero attached hydrogens (tertiary/aromatic N) is 1. The minimum absolute atomic E-state index is 0.135. The maximum atomic E-state index is 13.5. The van der Waals surface area contributed by atoms with Gasteiger partial charge in [0.05, 0.1) is 36.4 Å². The van der Waals surface area contributed by atoms with Crippen LogP contribution in [0.25, 0.3) is 5.76 Å². The van der Waals surface area contributed by atoms with Crippen LogP contribution in [0.3, 0.4) is 0 Å². The molecule has 0 saturated carbocycles. The molecule has 32 heavy (non-hydrogen) atoms. The Bertz CT molecular complexity index is 1050. The van der Waals surface area contributed by atoms with Crippen molar-refractivity contribution in [2.75, 3.05) is 34.5 Å². The van der Waals surface area contributed by atoms with E-state index in [0.717, 1.165) is 0 Å². The van der Waals surface area contributed by atoms with E-state index in [1.165, 1.54) is 62.6 Å². The Kier molecular flexibility index (Phi) is 7.37. The highest BCUT2D eigenvalue weighted by Gasteiger charge is 2.46. The summed E-state index contributed by atoms with van der Waals surface area (Å²) in [4.78, 5) is 27.2. The van der Waals surface area contributed by atoms with Gasteiger partial charge in [-0.25, -0.2) is 4.39 Å². The Morgan fingerprint density at radius 3 is 2.34 bits per heavy atom. The molecule has 0 bridgehead atoms. The number of hydrogen-bond acceptors (Lipinski definition) is 6. The SMILES string of the molecule is COCCCN1C(=O)C(=O)/C(=C(/O)c2cc(OC)c(Cl)cc2OC)C1c1ccc(F)cc1. The van der Waals surface area contributed by atoms with Gasteiger partial charge in [0.25, 0.3) is 11.7 Å². The molecule has 1 heterocycles. The van der Waals surface area contributed by atoms with Crippen molar-refractivity contribution in [3.63, 3.8) is 0 Å². The lowest BCUT2D eigenvalue weighted by molar-refractivity contribution is -0.140. The molecule has 7 nitrogen and oxygen atoms in total. The molecule has 9 heteroatoms. The summed E-state index contributed by atoms with van der Waals surface area (Å²) in [6, 6.07) is 7.36. The summed E-state index contributed by atoms with van der Waals surface area (Å²) in [5, 5.41) is 11.5. The van der Waals surface area contributed by atoms with Gasteiger partial charge in [0, 0.05) is 26.3 Å². The van der Waals surface area contributed by atoms with E-state index >= 15 is 0 Å². The summed E-state index contributed by atoms with van der Waals surface area (Å²) in [6.07, 6.45) is 0.472. The van der Waals surface area contributed by atoms with Crippen molar-refractivity contribution in [3.8, 4) is 11.5 Å². The average Bonchev–Trinajstić information content (AvgIpc) is 3.04. The zero-order valence-electron chi connectivity index (χ0n) is 17.9. The van der Waals surface area contributed by atoms with Gasteiger partial charge in [-0.3, -0.25) is 9.59 Å². The molecule has 2 aromatic rings. The summed E-state index contributed by atoms with van der Waals surface area (Å²) in [5.41, 5.74) is 0.474. The zero-order chi connectivity index (χ0) is 23.4. The molecule has 1 unspecified atom stereocenters. The van der Waals surface area contributed by atoms with Gasteiger partial charge >= 0.3 is 0 Å². The Balaban J connectivity index is 2.21. The molecule has 3 rings (SSSR count). The molecule has 0 radical (unpaired) electrons. The van der Waals surface area contributed by atoms with Gasteiger partial charge in [-0.15, -0.1) is 0 Å². The smallest absolute Gasteiger partial charge is 0.295 e. The second kappa shape index (κ2) is 10.0. The number of aliphatic hydroxyl groups is 1. The molecule has 1 N–H and O–H groups in total. The molecule has 0 aromatic heterocycles. The first-order valence-electron chi connectivity index (χ1n) is 9.78. The summed E-state index contributed by atoms with van der Waals surface area (Å²) in [5.74, 6) is -2.09. The Hall–Kier alpha value is -3.10. The van der Waals surface area contributed by atoms with E-state index in [0.29, 0.717) is 18.6 Å².